The van der Waals surface area contributed by atoms with Crippen LogP contribution in [0.15, 0.2) is 35.0 Å². The summed E-state index contributed by atoms with van der Waals surface area (Å²) in [4.78, 5) is 0. The van der Waals surface area contributed by atoms with Crippen molar-refractivity contribution < 1.29 is 9.37 Å². The number of aryl methyl sites for hydroxylation is 2. The number of anilines is 1. The molecule has 1 heterocycles. The van der Waals surface area contributed by atoms with Crippen LogP contribution in [0.2, 0.25) is 0 Å². The van der Waals surface area contributed by atoms with Gasteiger partial charge in [-0.1, -0.05) is 6.07 Å². The summed E-state index contributed by atoms with van der Waals surface area (Å²) in [5.41, 5.74) is 9.74. The Morgan fingerprint density at radius 3 is 2.58 bits per heavy atom. The first-order valence-corrected chi connectivity index (χ1v) is 5.91. The molecule has 96 valence electrons. The highest BCUT2D eigenvalue weighted by Gasteiger charge is 2.12. The molecule has 2 N–H and O–H groups in total. The van der Waals surface area contributed by atoms with Crippen LogP contribution in [0.3, 0.4) is 0 Å². The standard InChI is InChI=1S/C14H13N3O2/c1-8-3-4-10(7-9(8)2)18-12-6-5-11(15)13-14(12)17-19-16-13/h3-7H,15H2,1-2H3. The van der Waals surface area contributed by atoms with Crippen LogP contribution in [0.1, 0.15) is 11.1 Å². The largest absolute Gasteiger partial charge is 0.455 e. The molecule has 0 saturated carbocycles. The predicted molar refractivity (Wildman–Crippen MR) is 72.2 cm³/mol. The molecule has 0 aliphatic rings. The van der Waals surface area contributed by atoms with Crippen molar-refractivity contribution in [3.05, 3.63) is 41.5 Å². The van der Waals surface area contributed by atoms with E-state index in [1.165, 1.54) is 11.1 Å². The van der Waals surface area contributed by atoms with E-state index >= 15 is 0 Å². The highest BCUT2D eigenvalue weighted by atomic mass is 16.6. The molecular weight excluding hydrogens is 242 g/mol. The molecule has 2 aromatic carbocycles. The van der Waals surface area contributed by atoms with Crippen molar-refractivity contribution in [3.8, 4) is 11.5 Å². The zero-order chi connectivity index (χ0) is 13.4. The molecule has 0 atom stereocenters. The molecule has 0 aliphatic heterocycles. The average molecular weight is 255 g/mol. The van der Waals surface area contributed by atoms with Crippen molar-refractivity contribution in [1.82, 2.24) is 10.3 Å². The number of nitrogens with two attached hydrogens (primary N) is 1. The average Bonchev–Trinajstić information content (AvgIpc) is 2.87. The van der Waals surface area contributed by atoms with E-state index < -0.39 is 0 Å². The van der Waals surface area contributed by atoms with Gasteiger partial charge in [0, 0.05) is 0 Å². The summed E-state index contributed by atoms with van der Waals surface area (Å²) < 4.78 is 10.5. The Morgan fingerprint density at radius 2 is 1.79 bits per heavy atom. The molecule has 0 radical (unpaired) electrons. The van der Waals surface area contributed by atoms with E-state index in [0.29, 0.717) is 22.5 Å². The van der Waals surface area contributed by atoms with E-state index in [0.717, 1.165) is 5.75 Å². The van der Waals surface area contributed by atoms with E-state index in [2.05, 4.69) is 17.2 Å². The molecule has 5 nitrogen and oxygen atoms in total. The van der Waals surface area contributed by atoms with Crippen molar-refractivity contribution in [3.63, 3.8) is 0 Å². The van der Waals surface area contributed by atoms with Crippen molar-refractivity contribution in [2.75, 3.05) is 5.73 Å². The van der Waals surface area contributed by atoms with Crippen LogP contribution < -0.4 is 10.5 Å². The normalized spacial score (nSPS) is 10.8. The molecular formula is C14H13N3O2. The Hall–Kier alpha value is -2.56. The van der Waals surface area contributed by atoms with Gasteiger partial charge in [0.2, 0.25) is 0 Å². The van der Waals surface area contributed by atoms with Gasteiger partial charge in [-0.05, 0) is 59.6 Å². The summed E-state index contributed by atoms with van der Waals surface area (Å²) in [5.74, 6) is 1.32. The van der Waals surface area contributed by atoms with Crippen LogP contribution >= 0.6 is 0 Å². The maximum Gasteiger partial charge on any atom is 0.179 e. The number of rotatable bonds is 2. The van der Waals surface area contributed by atoms with E-state index in [1.807, 2.05) is 25.1 Å². The van der Waals surface area contributed by atoms with Crippen LogP contribution in [0.4, 0.5) is 5.69 Å². The number of nitrogen functional groups attached to an aromatic ring is 1. The summed E-state index contributed by atoms with van der Waals surface area (Å²) >= 11 is 0. The van der Waals surface area contributed by atoms with Gasteiger partial charge in [0.15, 0.2) is 16.8 Å². The maximum absolute atomic E-state index is 5.82. The second-order valence-corrected chi connectivity index (χ2v) is 4.46. The van der Waals surface area contributed by atoms with Crippen LogP contribution in [-0.2, 0) is 0 Å². The molecule has 3 aromatic rings. The minimum atomic E-state index is 0.515. The van der Waals surface area contributed by atoms with Crippen molar-refractivity contribution in [2.45, 2.75) is 13.8 Å². The Bertz CT molecular complexity index is 750. The first kappa shape index (κ1) is 11.5. The molecule has 3 rings (SSSR count). The molecule has 1 aromatic heterocycles. The van der Waals surface area contributed by atoms with Gasteiger partial charge in [0.25, 0.3) is 0 Å². The van der Waals surface area contributed by atoms with Gasteiger partial charge >= 0.3 is 0 Å². The summed E-state index contributed by atoms with van der Waals surface area (Å²) in [6.45, 7) is 4.10. The van der Waals surface area contributed by atoms with Crippen molar-refractivity contribution in [1.29, 1.82) is 0 Å². The fraction of sp³-hybridized carbons (Fsp3) is 0.143. The van der Waals surface area contributed by atoms with E-state index in [1.54, 1.807) is 12.1 Å². The van der Waals surface area contributed by atoms with Crippen LogP contribution in [-0.4, -0.2) is 10.3 Å². The third-order valence-corrected chi connectivity index (χ3v) is 3.12. The monoisotopic (exact) mass is 255 g/mol. The minimum absolute atomic E-state index is 0.515. The minimum Gasteiger partial charge on any atom is -0.455 e. The number of nitrogens with zero attached hydrogens (tertiary/aromatic N) is 2. The van der Waals surface area contributed by atoms with E-state index in [-0.39, 0.29) is 0 Å². The Kier molecular flexibility index (Phi) is 2.59. The van der Waals surface area contributed by atoms with Crippen LogP contribution in [0.25, 0.3) is 11.0 Å². The lowest BCUT2D eigenvalue weighted by molar-refractivity contribution is 0.314. The number of ether oxygens (including phenoxy) is 1. The zero-order valence-corrected chi connectivity index (χ0v) is 10.7. The second kappa shape index (κ2) is 4.28. The third kappa shape index (κ3) is 1.99. The zero-order valence-electron chi connectivity index (χ0n) is 10.7. The number of benzene rings is 2. The summed E-state index contributed by atoms with van der Waals surface area (Å²) in [7, 11) is 0. The smallest absolute Gasteiger partial charge is 0.179 e. The fourth-order valence-electron chi connectivity index (χ4n) is 1.85. The van der Waals surface area contributed by atoms with E-state index in [9.17, 15) is 0 Å². The number of hydrogen-bond donors (Lipinski definition) is 1. The first-order valence-electron chi connectivity index (χ1n) is 5.91. The van der Waals surface area contributed by atoms with Gasteiger partial charge in [-0.2, -0.15) is 0 Å². The van der Waals surface area contributed by atoms with Gasteiger partial charge in [-0.3, -0.25) is 0 Å². The second-order valence-electron chi connectivity index (χ2n) is 4.46. The van der Waals surface area contributed by atoms with Gasteiger partial charge in [0.05, 0.1) is 5.69 Å². The summed E-state index contributed by atoms with van der Waals surface area (Å²) in [6.07, 6.45) is 0. The first-order chi connectivity index (χ1) is 9.15. The molecule has 0 unspecified atom stereocenters. The number of hydrogen-bond acceptors (Lipinski definition) is 5. The summed E-state index contributed by atoms with van der Waals surface area (Å²) in [6, 6.07) is 9.39. The predicted octanol–water partition coefficient (Wildman–Crippen LogP) is 3.21. The molecule has 0 saturated heterocycles. The Labute approximate surface area is 109 Å². The quantitative estimate of drug-likeness (QED) is 0.712. The molecule has 0 bridgehead atoms. The van der Waals surface area contributed by atoms with Gasteiger partial charge < -0.3 is 10.5 Å². The summed E-state index contributed by atoms with van der Waals surface area (Å²) in [5, 5.41) is 7.59. The molecule has 0 amide bonds. The molecule has 0 aliphatic carbocycles. The SMILES string of the molecule is Cc1ccc(Oc2ccc(N)c3nonc23)cc1C. The topological polar surface area (TPSA) is 74.2 Å². The lowest BCUT2D eigenvalue weighted by Gasteiger charge is -2.08. The van der Waals surface area contributed by atoms with Gasteiger partial charge in [-0.15, -0.1) is 0 Å². The fourth-order valence-corrected chi connectivity index (χ4v) is 1.85. The number of aromatic nitrogens is 2. The lowest BCUT2D eigenvalue weighted by atomic mass is 10.1. The van der Waals surface area contributed by atoms with Crippen molar-refractivity contribution >= 4 is 16.7 Å². The molecule has 0 fully saturated rings. The molecule has 19 heavy (non-hydrogen) atoms. The maximum atomic E-state index is 5.82. The lowest BCUT2D eigenvalue weighted by Crippen LogP contribution is -1.91. The molecule has 0 spiro atoms. The van der Waals surface area contributed by atoms with Gasteiger partial charge in [-0.25, -0.2) is 4.63 Å². The van der Waals surface area contributed by atoms with Crippen molar-refractivity contribution in [2.24, 2.45) is 0 Å². The highest BCUT2D eigenvalue weighted by molar-refractivity contribution is 5.90. The third-order valence-electron chi connectivity index (χ3n) is 3.12. The number of fused-ring (bicyclic) bond motifs is 1. The Balaban J connectivity index is 2.03. The molecule has 5 heteroatoms. The highest BCUT2D eigenvalue weighted by Crippen LogP contribution is 2.31. The van der Waals surface area contributed by atoms with Gasteiger partial charge in [0.1, 0.15) is 5.75 Å². The van der Waals surface area contributed by atoms with Crippen LogP contribution in [0.5, 0.6) is 11.5 Å². The van der Waals surface area contributed by atoms with Crippen LogP contribution in [0, 0.1) is 13.8 Å². The van der Waals surface area contributed by atoms with E-state index in [4.69, 9.17) is 15.1 Å². The Morgan fingerprint density at radius 1 is 1.00 bits per heavy atom.